The quantitative estimate of drug-likeness (QED) is 0.583. The van der Waals surface area contributed by atoms with Crippen molar-refractivity contribution >= 4 is 39.0 Å². The van der Waals surface area contributed by atoms with Gasteiger partial charge in [0.2, 0.25) is 0 Å². The maximum atomic E-state index is 13.6. The van der Waals surface area contributed by atoms with Crippen LogP contribution in [0.1, 0.15) is 28.0 Å². The van der Waals surface area contributed by atoms with Crippen LogP contribution >= 0.6 is 11.6 Å². The fourth-order valence-corrected chi connectivity index (χ4v) is 5.59. The van der Waals surface area contributed by atoms with Crippen molar-refractivity contribution < 1.29 is 17.9 Å². The number of aryl methyl sites for hydroxylation is 1. The molecule has 1 aliphatic heterocycles. The monoisotopic (exact) mass is 470 g/mol. The molecule has 1 aliphatic rings. The van der Waals surface area contributed by atoms with E-state index in [0.717, 1.165) is 12.0 Å². The summed E-state index contributed by atoms with van der Waals surface area (Å²) in [6, 6.07) is 13.5. The summed E-state index contributed by atoms with van der Waals surface area (Å²) in [5.41, 5.74) is 7.60. The highest BCUT2D eigenvalue weighted by Crippen LogP contribution is 2.35. The number of aromatic nitrogens is 1. The molecule has 32 heavy (non-hydrogen) atoms. The number of nitrogen functional groups attached to an aromatic ring is 1. The van der Waals surface area contributed by atoms with Crippen LogP contribution in [0.15, 0.2) is 53.6 Å². The number of para-hydroxylation sites is 1. The molecule has 0 atom stereocenters. The second kappa shape index (κ2) is 8.22. The van der Waals surface area contributed by atoms with Gasteiger partial charge in [0.15, 0.2) is 5.69 Å². The minimum atomic E-state index is -3.92. The van der Waals surface area contributed by atoms with E-state index in [-0.39, 0.29) is 32.6 Å². The number of sulfonamides is 1. The zero-order valence-electron chi connectivity index (χ0n) is 17.1. The van der Waals surface area contributed by atoms with Gasteiger partial charge >= 0.3 is 5.97 Å². The van der Waals surface area contributed by atoms with Gasteiger partial charge in [0.05, 0.1) is 39.7 Å². The van der Waals surface area contributed by atoms with Crippen LogP contribution in [0.5, 0.6) is 0 Å². The van der Waals surface area contributed by atoms with Gasteiger partial charge in [-0.2, -0.15) is 5.26 Å². The van der Waals surface area contributed by atoms with Crippen LogP contribution in [0.3, 0.4) is 0 Å². The zero-order chi connectivity index (χ0) is 23.0. The predicted octanol–water partition coefficient (Wildman–Crippen LogP) is 3.51. The average molecular weight is 471 g/mol. The number of rotatable bonds is 4. The molecule has 0 aliphatic carbocycles. The summed E-state index contributed by atoms with van der Waals surface area (Å²) >= 11 is 6.37. The Hall–Kier alpha value is -3.48. The van der Waals surface area contributed by atoms with Crippen molar-refractivity contribution in [1.29, 1.82) is 5.26 Å². The molecule has 0 fully saturated rings. The first-order chi connectivity index (χ1) is 15.3. The molecule has 8 nitrogen and oxygen atoms in total. The van der Waals surface area contributed by atoms with Crippen molar-refractivity contribution in [2.24, 2.45) is 0 Å². The van der Waals surface area contributed by atoms with Crippen LogP contribution in [0.4, 0.5) is 11.4 Å². The summed E-state index contributed by atoms with van der Waals surface area (Å²) in [6.07, 6.45) is 2.83. The predicted molar refractivity (Wildman–Crippen MR) is 121 cm³/mol. The summed E-state index contributed by atoms with van der Waals surface area (Å²) in [6.45, 7) is 0.347. The summed E-state index contributed by atoms with van der Waals surface area (Å²) in [4.78, 5) is 12.3. The van der Waals surface area contributed by atoms with E-state index in [2.05, 4.69) is 0 Å². The van der Waals surface area contributed by atoms with E-state index in [1.165, 1.54) is 40.4 Å². The van der Waals surface area contributed by atoms with Crippen molar-refractivity contribution in [1.82, 2.24) is 4.57 Å². The normalized spacial score (nSPS) is 13.3. The molecule has 2 N–H and O–H groups in total. The topological polar surface area (TPSA) is 118 Å². The second-order valence-electron chi connectivity index (χ2n) is 7.20. The number of benzene rings is 2. The number of carbonyl (C=O) groups is 1. The number of esters is 1. The molecule has 0 saturated carbocycles. The molecule has 0 spiro atoms. The van der Waals surface area contributed by atoms with E-state index in [1.807, 2.05) is 18.2 Å². The van der Waals surface area contributed by atoms with Crippen molar-refractivity contribution in [2.45, 2.75) is 17.7 Å². The van der Waals surface area contributed by atoms with E-state index < -0.39 is 16.0 Å². The molecule has 0 radical (unpaired) electrons. The van der Waals surface area contributed by atoms with E-state index in [4.69, 9.17) is 22.1 Å². The first-order valence-electron chi connectivity index (χ1n) is 9.69. The molecule has 0 saturated heterocycles. The van der Waals surface area contributed by atoms with Crippen LogP contribution < -0.4 is 10.0 Å². The molecule has 3 aromatic rings. The Kier molecular flexibility index (Phi) is 5.59. The third-order valence-electron chi connectivity index (χ3n) is 5.38. The van der Waals surface area contributed by atoms with Gasteiger partial charge in [0, 0.05) is 12.7 Å². The first kappa shape index (κ1) is 21.7. The van der Waals surface area contributed by atoms with Crippen LogP contribution in [-0.4, -0.2) is 32.6 Å². The van der Waals surface area contributed by atoms with Crippen LogP contribution in [0, 0.1) is 11.3 Å². The number of methoxy groups -OCH3 is 1. The summed E-state index contributed by atoms with van der Waals surface area (Å²) in [5, 5.41) is 9.52. The van der Waals surface area contributed by atoms with Crippen LogP contribution in [0.2, 0.25) is 5.02 Å². The highest BCUT2D eigenvalue weighted by Gasteiger charge is 2.30. The maximum Gasteiger partial charge on any atom is 0.357 e. The number of nitrogens with zero attached hydrogens (tertiary/aromatic N) is 3. The lowest BCUT2D eigenvalue weighted by Crippen LogP contribution is -2.35. The Balaban J connectivity index is 1.87. The number of halogens is 1. The smallest absolute Gasteiger partial charge is 0.357 e. The maximum absolute atomic E-state index is 13.6. The third kappa shape index (κ3) is 3.47. The van der Waals surface area contributed by atoms with Gasteiger partial charge in [-0.15, -0.1) is 0 Å². The lowest BCUT2D eigenvalue weighted by molar-refractivity contribution is 0.0593. The zero-order valence-corrected chi connectivity index (χ0v) is 18.7. The van der Waals surface area contributed by atoms with E-state index in [1.54, 1.807) is 12.1 Å². The average Bonchev–Trinajstić information content (AvgIpc) is 3.14. The van der Waals surface area contributed by atoms with E-state index in [9.17, 15) is 18.5 Å². The van der Waals surface area contributed by atoms with Gasteiger partial charge in [-0.25, -0.2) is 13.2 Å². The largest absolute Gasteiger partial charge is 0.464 e. The number of carbonyl (C=O) groups excluding carboxylic acids is 1. The Bertz CT molecular complexity index is 1380. The van der Waals surface area contributed by atoms with Crippen molar-refractivity contribution in [2.75, 3.05) is 23.7 Å². The number of ether oxygens (including phenoxy) is 1. The van der Waals surface area contributed by atoms with Gasteiger partial charge in [-0.1, -0.05) is 29.8 Å². The molecule has 2 aromatic carbocycles. The van der Waals surface area contributed by atoms with Crippen molar-refractivity contribution in [3.8, 4) is 11.8 Å². The van der Waals surface area contributed by atoms with Gasteiger partial charge in [0.1, 0.15) is 6.07 Å². The Morgan fingerprint density at radius 2 is 1.97 bits per heavy atom. The number of hydrogen-bond acceptors (Lipinski definition) is 6. The molecule has 0 bridgehead atoms. The summed E-state index contributed by atoms with van der Waals surface area (Å²) in [7, 11) is -2.74. The number of nitrogens with two attached hydrogens (primary N) is 1. The minimum Gasteiger partial charge on any atom is -0.464 e. The minimum absolute atomic E-state index is 0.00445. The lowest BCUT2D eigenvalue weighted by Gasteiger charge is -2.30. The third-order valence-corrected chi connectivity index (χ3v) is 7.51. The lowest BCUT2D eigenvalue weighted by atomic mass is 10.0. The second-order valence-corrected chi connectivity index (χ2v) is 9.47. The van der Waals surface area contributed by atoms with Gasteiger partial charge < -0.3 is 15.0 Å². The van der Waals surface area contributed by atoms with Gasteiger partial charge in [0.25, 0.3) is 10.0 Å². The molecular formula is C22H19ClN4O4S. The summed E-state index contributed by atoms with van der Waals surface area (Å²) in [5.74, 6) is -0.779. The molecule has 0 unspecified atom stereocenters. The first-order valence-corrected chi connectivity index (χ1v) is 11.5. The summed E-state index contributed by atoms with van der Waals surface area (Å²) < 4.78 is 34.6. The molecule has 1 aromatic heterocycles. The molecule has 0 amide bonds. The molecule has 10 heteroatoms. The molecule has 4 rings (SSSR count). The SMILES string of the molecule is COC(=O)c1c(N)c(C#N)cn1-c1cc(S(=O)(=O)N2CCCc3ccccc32)ccc1Cl. The number of hydrogen-bond donors (Lipinski definition) is 1. The highest BCUT2D eigenvalue weighted by molar-refractivity contribution is 7.92. The van der Waals surface area contributed by atoms with Gasteiger partial charge in [-0.05, 0) is 42.7 Å². The molecule has 2 heterocycles. The van der Waals surface area contributed by atoms with Crippen LogP contribution in [0.25, 0.3) is 5.69 Å². The Morgan fingerprint density at radius 3 is 2.69 bits per heavy atom. The fraction of sp³-hybridized carbons (Fsp3) is 0.182. The number of anilines is 2. The van der Waals surface area contributed by atoms with Crippen molar-refractivity contribution in [3.05, 3.63) is 70.5 Å². The van der Waals surface area contributed by atoms with Crippen LogP contribution in [-0.2, 0) is 21.2 Å². The number of fused-ring (bicyclic) bond motifs is 1. The van der Waals surface area contributed by atoms with Crippen molar-refractivity contribution in [3.63, 3.8) is 0 Å². The molecular weight excluding hydrogens is 452 g/mol. The van der Waals surface area contributed by atoms with E-state index >= 15 is 0 Å². The van der Waals surface area contributed by atoms with Gasteiger partial charge in [-0.3, -0.25) is 4.31 Å². The van der Waals surface area contributed by atoms with E-state index in [0.29, 0.717) is 18.7 Å². The molecule has 164 valence electrons. The highest BCUT2D eigenvalue weighted by atomic mass is 35.5. The fourth-order valence-electron chi connectivity index (χ4n) is 3.82. The number of nitriles is 1. The standard InChI is InChI=1S/C22H19ClN4O4S/c1-31-22(28)21-20(25)15(12-24)13-26(21)19-11-16(8-9-17(19)23)32(29,30)27-10-4-6-14-5-2-3-7-18(14)27/h2-3,5,7-9,11,13H,4,6,10,25H2,1H3. The Morgan fingerprint density at radius 1 is 1.22 bits per heavy atom. The Labute approximate surface area is 190 Å².